The first-order valence-electron chi connectivity index (χ1n) is 5.78. The Bertz CT molecular complexity index is 796. The molecule has 0 saturated heterocycles. The van der Waals surface area contributed by atoms with Crippen LogP contribution in [0.15, 0.2) is 51.7 Å². The molecule has 0 radical (unpaired) electrons. The lowest BCUT2D eigenvalue weighted by atomic mass is 10.3. The monoisotopic (exact) mass is 367 g/mol. The van der Waals surface area contributed by atoms with Crippen LogP contribution >= 0.6 is 23.1 Å². The Hall–Kier alpha value is -1.31. The second-order valence-corrected chi connectivity index (χ2v) is 5.86. The van der Waals surface area contributed by atoms with Gasteiger partial charge in [0.15, 0.2) is 10.5 Å². The quantitative estimate of drug-likeness (QED) is 0.505. The number of thioether (sulfide) groups is 1. The maximum absolute atomic E-state index is 5.67. The summed E-state index contributed by atoms with van der Waals surface area (Å²) in [6, 6.07) is 7.79. The van der Waals surface area contributed by atoms with E-state index in [4.69, 9.17) is 4.42 Å². The van der Waals surface area contributed by atoms with Gasteiger partial charge in [-0.1, -0.05) is 23.9 Å². The molecule has 0 fully saturated rings. The molecule has 1 aromatic carbocycles. The summed E-state index contributed by atoms with van der Waals surface area (Å²) in [7, 11) is 0. The van der Waals surface area contributed by atoms with E-state index in [1.807, 2.05) is 46.4 Å². The number of hydrogen-bond donors (Lipinski definition) is 0. The summed E-state index contributed by atoms with van der Waals surface area (Å²) in [5, 5.41) is 2.72. The Kier molecular flexibility index (Phi) is 3.82. The van der Waals surface area contributed by atoms with Gasteiger partial charge in [-0.2, -0.15) is 0 Å². The number of halogens is 1. The predicted octanol–water partition coefficient (Wildman–Crippen LogP) is 0.946. The fraction of sp³-hybridized carbons (Fsp3) is 0.0769. The molecule has 0 amide bonds. The smallest absolute Gasteiger partial charge is 1.00 e. The number of hydrogen-bond acceptors (Lipinski definition) is 5. The van der Waals surface area contributed by atoms with Gasteiger partial charge in [0.1, 0.15) is 5.52 Å². The Morgan fingerprint density at radius 1 is 1.30 bits per heavy atom. The minimum absolute atomic E-state index is 0. The summed E-state index contributed by atoms with van der Waals surface area (Å²) in [5.74, 6) is 0.765. The molecule has 0 saturated carbocycles. The van der Waals surface area contributed by atoms with E-state index in [0.29, 0.717) is 5.22 Å². The molecular weight excluding hydrogens is 358 g/mol. The molecule has 4 nitrogen and oxygen atoms in total. The molecule has 0 atom stereocenters. The highest BCUT2D eigenvalue weighted by Crippen LogP contribution is 2.26. The molecule has 102 valence electrons. The third-order valence-corrected chi connectivity index (χ3v) is 4.39. The topological polar surface area (TPSA) is 43.3 Å². The fourth-order valence-corrected chi connectivity index (χ4v) is 3.34. The zero-order valence-corrected chi connectivity index (χ0v) is 13.4. The van der Waals surface area contributed by atoms with Crippen LogP contribution in [0.3, 0.4) is 0 Å². The van der Waals surface area contributed by atoms with E-state index >= 15 is 0 Å². The number of nitrogens with zero attached hydrogens (tertiary/aromatic N) is 3. The first-order chi connectivity index (χ1) is 9.38. The van der Waals surface area contributed by atoms with E-state index in [1.54, 1.807) is 23.1 Å². The van der Waals surface area contributed by atoms with Crippen LogP contribution < -0.4 is 17.0 Å². The Morgan fingerprint density at radius 3 is 3.05 bits per heavy atom. The predicted molar refractivity (Wildman–Crippen MR) is 77.8 cm³/mol. The molecule has 0 N–H and O–H groups in total. The van der Waals surface area contributed by atoms with Crippen LogP contribution in [-0.4, -0.2) is 14.4 Å². The highest BCUT2D eigenvalue weighted by Gasteiger charge is 2.08. The number of aromatic nitrogens is 3. The zero-order chi connectivity index (χ0) is 12.7. The molecular formula is C13H10BrN3OS2. The lowest BCUT2D eigenvalue weighted by Gasteiger charge is -1.91. The van der Waals surface area contributed by atoms with Crippen molar-refractivity contribution in [2.24, 2.45) is 0 Å². The number of imidazole rings is 1. The Labute approximate surface area is 135 Å². The van der Waals surface area contributed by atoms with E-state index < -0.39 is 0 Å². The standard InChI is InChI=1S/C13H9N3OS2.BrH/c1-2-4-11-10(3-1)15-13(17-11)19-8-9-7-16-5-6-18-12(16)14-9;/h1-7H,8H2;1H. The number of benzene rings is 1. The van der Waals surface area contributed by atoms with Crippen LogP contribution in [0.1, 0.15) is 7.12 Å². The third-order valence-electron chi connectivity index (χ3n) is 2.76. The minimum Gasteiger partial charge on any atom is -1.00 e. The zero-order valence-electron chi connectivity index (χ0n) is 11.2. The van der Waals surface area contributed by atoms with Gasteiger partial charge in [0.25, 0.3) is 5.22 Å². The molecule has 4 rings (SSSR count). The first-order valence-corrected chi connectivity index (χ1v) is 7.64. The van der Waals surface area contributed by atoms with Crippen molar-refractivity contribution >= 4 is 39.2 Å². The summed E-state index contributed by atoms with van der Waals surface area (Å²) in [6.07, 6.45) is 4.06. The number of rotatable bonds is 3. The summed E-state index contributed by atoms with van der Waals surface area (Å²) in [4.78, 5) is 9.99. The van der Waals surface area contributed by atoms with Crippen LogP contribution in [0.25, 0.3) is 16.1 Å². The molecule has 0 aliphatic carbocycles. The van der Waals surface area contributed by atoms with Crippen molar-refractivity contribution in [1.29, 1.82) is 0 Å². The van der Waals surface area contributed by atoms with Crippen molar-refractivity contribution in [1.82, 2.24) is 14.4 Å². The van der Waals surface area contributed by atoms with E-state index in [-0.39, 0.29) is 18.4 Å². The lowest BCUT2D eigenvalue weighted by molar-refractivity contribution is -0.00000430. The maximum Gasteiger partial charge on any atom is 1.00 e. The van der Waals surface area contributed by atoms with E-state index in [1.165, 1.54) is 0 Å². The SMILES string of the molecule is [Br-].[H+].c1ccc2oc(SCc3cn4ccsc4n3)nc2c1. The van der Waals surface area contributed by atoms with E-state index in [2.05, 4.69) is 9.97 Å². The molecule has 0 bridgehead atoms. The molecule has 3 aromatic heterocycles. The van der Waals surface area contributed by atoms with Gasteiger partial charge in [-0.15, -0.1) is 11.3 Å². The van der Waals surface area contributed by atoms with Crippen molar-refractivity contribution < 1.29 is 22.8 Å². The Morgan fingerprint density at radius 2 is 2.20 bits per heavy atom. The maximum atomic E-state index is 5.67. The minimum atomic E-state index is 0. The molecule has 0 aliphatic heterocycles. The second kappa shape index (κ2) is 5.59. The van der Waals surface area contributed by atoms with Gasteiger partial charge in [-0.3, -0.25) is 4.40 Å². The molecule has 4 aromatic rings. The van der Waals surface area contributed by atoms with Gasteiger partial charge in [0, 0.05) is 23.5 Å². The van der Waals surface area contributed by atoms with Crippen molar-refractivity contribution in [3.8, 4) is 0 Å². The molecule has 0 unspecified atom stereocenters. The molecule has 0 aliphatic rings. The third kappa shape index (κ3) is 2.48. The first kappa shape index (κ1) is 13.7. The summed E-state index contributed by atoms with van der Waals surface area (Å²) >= 11 is 3.21. The van der Waals surface area contributed by atoms with Crippen molar-refractivity contribution in [2.75, 3.05) is 0 Å². The molecule has 0 spiro atoms. The largest absolute Gasteiger partial charge is 1.00 e. The molecule has 7 heteroatoms. The Balaban J connectivity index is 0.000000807. The summed E-state index contributed by atoms with van der Waals surface area (Å²) in [6.45, 7) is 0. The second-order valence-electron chi connectivity index (χ2n) is 4.06. The fourth-order valence-electron chi connectivity index (χ4n) is 1.89. The number of fused-ring (bicyclic) bond motifs is 2. The molecule has 20 heavy (non-hydrogen) atoms. The van der Waals surface area contributed by atoms with Crippen molar-refractivity contribution in [3.05, 3.63) is 47.7 Å². The van der Waals surface area contributed by atoms with Gasteiger partial charge in [0.05, 0.1) is 5.69 Å². The van der Waals surface area contributed by atoms with Crippen LogP contribution in [0, 0.1) is 0 Å². The number of thiazole rings is 1. The summed E-state index contributed by atoms with van der Waals surface area (Å²) in [5.41, 5.74) is 2.77. The number of oxazole rings is 1. The van der Waals surface area contributed by atoms with Gasteiger partial charge in [-0.05, 0) is 12.1 Å². The van der Waals surface area contributed by atoms with Crippen molar-refractivity contribution in [2.45, 2.75) is 11.0 Å². The van der Waals surface area contributed by atoms with Crippen molar-refractivity contribution in [3.63, 3.8) is 0 Å². The highest BCUT2D eigenvalue weighted by atomic mass is 79.9. The number of para-hydroxylation sites is 2. The van der Waals surface area contributed by atoms with Gasteiger partial charge in [0.2, 0.25) is 0 Å². The van der Waals surface area contributed by atoms with Crippen LogP contribution in [0.2, 0.25) is 0 Å². The van der Waals surface area contributed by atoms with Crippen LogP contribution in [0.5, 0.6) is 0 Å². The van der Waals surface area contributed by atoms with Gasteiger partial charge < -0.3 is 21.4 Å². The normalized spacial score (nSPS) is 11.0. The lowest BCUT2D eigenvalue weighted by Crippen LogP contribution is -3.00. The average molecular weight is 368 g/mol. The van der Waals surface area contributed by atoms with Gasteiger partial charge in [-0.25, -0.2) is 9.97 Å². The summed E-state index contributed by atoms with van der Waals surface area (Å²) < 4.78 is 7.70. The van der Waals surface area contributed by atoms with Crippen LogP contribution in [-0.2, 0) is 5.75 Å². The van der Waals surface area contributed by atoms with Crippen LogP contribution in [0.4, 0.5) is 0 Å². The van der Waals surface area contributed by atoms with E-state index in [0.717, 1.165) is 27.5 Å². The van der Waals surface area contributed by atoms with Gasteiger partial charge >= 0.3 is 1.43 Å². The molecule has 3 heterocycles. The van der Waals surface area contributed by atoms with E-state index in [9.17, 15) is 0 Å². The average Bonchev–Trinajstić information content (AvgIpc) is 3.09. The highest BCUT2D eigenvalue weighted by molar-refractivity contribution is 7.98.